The summed E-state index contributed by atoms with van der Waals surface area (Å²) in [6.07, 6.45) is 4.20. The molecule has 0 fully saturated rings. The highest BCUT2D eigenvalue weighted by Gasteiger charge is 2.30. The number of rotatable bonds is 6. The van der Waals surface area contributed by atoms with Crippen molar-refractivity contribution >= 4 is 10.9 Å². The van der Waals surface area contributed by atoms with E-state index < -0.39 is 11.7 Å². The maximum Gasteiger partial charge on any atom is 0.416 e. The molecule has 0 saturated heterocycles. The van der Waals surface area contributed by atoms with E-state index in [0.29, 0.717) is 5.39 Å². The number of aryl methyl sites for hydroxylation is 1. The van der Waals surface area contributed by atoms with Crippen molar-refractivity contribution in [3.05, 3.63) is 35.5 Å². The molecule has 20 heavy (non-hydrogen) atoms. The highest BCUT2D eigenvalue weighted by Crippen LogP contribution is 2.32. The van der Waals surface area contributed by atoms with Crippen molar-refractivity contribution in [1.29, 1.82) is 0 Å². The predicted octanol–water partition coefficient (Wildman–Crippen LogP) is 5.70. The number of aromatic nitrogens is 1. The van der Waals surface area contributed by atoms with Crippen LogP contribution >= 0.6 is 0 Å². The third-order valence-corrected chi connectivity index (χ3v) is 3.64. The Hall–Kier alpha value is -1.45. The monoisotopic (exact) mass is 283 g/mol. The summed E-state index contributed by atoms with van der Waals surface area (Å²) >= 11 is 0. The Morgan fingerprint density at radius 3 is 2.50 bits per heavy atom. The Kier molecular flexibility index (Phi) is 4.73. The summed E-state index contributed by atoms with van der Waals surface area (Å²) < 4.78 is 38.2. The standard InChI is InChI=1S/C16H20F3N/c1-2-3-4-5-6-7-12-11-20-15-9-8-13(10-14(12)15)16(17,18)19/h8-11,20H,2-7H2,1H3. The number of unbranched alkanes of at least 4 members (excludes halogenated alkanes) is 4. The summed E-state index contributed by atoms with van der Waals surface area (Å²) in [6.45, 7) is 2.17. The van der Waals surface area contributed by atoms with E-state index in [2.05, 4.69) is 11.9 Å². The SMILES string of the molecule is CCCCCCCc1c[nH]c2ccc(C(F)(F)F)cc12. The number of alkyl halides is 3. The Morgan fingerprint density at radius 1 is 1.05 bits per heavy atom. The van der Waals surface area contributed by atoms with Gasteiger partial charge in [-0.15, -0.1) is 0 Å². The van der Waals surface area contributed by atoms with Crippen LogP contribution in [-0.4, -0.2) is 4.98 Å². The molecule has 0 aliphatic carbocycles. The Morgan fingerprint density at radius 2 is 1.80 bits per heavy atom. The number of halogens is 3. The van der Waals surface area contributed by atoms with Crippen LogP contribution in [0.2, 0.25) is 0 Å². The third kappa shape index (κ3) is 3.56. The van der Waals surface area contributed by atoms with Gasteiger partial charge in [-0.25, -0.2) is 0 Å². The number of fused-ring (bicyclic) bond motifs is 1. The maximum absolute atomic E-state index is 12.7. The Bertz CT molecular complexity index is 554. The lowest BCUT2D eigenvalue weighted by Gasteiger charge is -2.07. The zero-order valence-corrected chi connectivity index (χ0v) is 11.7. The summed E-state index contributed by atoms with van der Waals surface area (Å²) in [5, 5.41) is 0.704. The number of nitrogens with one attached hydrogen (secondary N) is 1. The van der Waals surface area contributed by atoms with E-state index >= 15 is 0 Å². The van der Waals surface area contributed by atoms with Crippen LogP contribution in [0.3, 0.4) is 0 Å². The second-order valence-corrected chi connectivity index (χ2v) is 5.24. The van der Waals surface area contributed by atoms with Crippen LogP contribution in [0.15, 0.2) is 24.4 Å². The third-order valence-electron chi connectivity index (χ3n) is 3.64. The summed E-state index contributed by atoms with van der Waals surface area (Å²) in [5.41, 5.74) is 1.20. The number of hydrogen-bond acceptors (Lipinski definition) is 0. The minimum Gasteiger partial charge on any atom is -0.361 e. The van der Waals surface area contributed by atoms with Gasteiger partial charge in [0.05, 0.1) is 5.56 Å². The van der Waals surface area contributed by atoms with Gasteiger partial charge in [0.15, 0.2) is 0 Å². The fourth-order valence-electron chi connectivity index (χ4n) is 2.48. The summed E-state index contributed by atoms with van der Waals surface area (Å²) in [7, 11) is 0. The van der Waals surface area contributed by atoms with Crippen molar-refractivity contribution in [2.75, 3.05) is 0 Å². The number of aromatic amines is 1. The molecule has 4 heteroatoms. The number of H-pyrrole nitrogens is 1. The van der Waals surface area contributed by atoms with Crippen molar-refractivity contribution in [2.45, 2.75) is 51.6 Å². The Balaban J connectivity index is 2.09. The first-order chi connectivity index (χ1) is 9.52. The van der Waals surface area contributed by atoms with Crippen molar-refractivity contribution in [2.24, 2.45) is 0 Å². The normalized spacial score (nSPS) is 12.2. The van der Waals surface area contributed by atoms with E-state index in [4.69, 9.17) is 0 Å². The van der Waals surface area contributed by atoms with Gasteiger partial charge >= 0.3 is 6.18 Å². The van der Waals surface area contributed by atoms with Gasteiger partial charge < -0.3 is 4.98 Å². The fraction of sp³-hybridized carbons (Fsp3) is 0.500. The van der Waals surface area contributed by atoms with Crippen LogP contribution in [-0.2, 0) is 12.6 Å². The molecule has 0 aliphatic rings. The molecule has 0 spiro atoms. The molecule has 0 amide bonds. The molecule has 1 heterocycles. The number of benzene rings is 1. The van der Waals surface area contributed by atoms with Crippen LogP contribution in [0.25, 0.3) is 10.9 Å². The minimum absolute atomic E-state index is 0.572. The van der Waals surface area contributed by atoms with Crippen LogP contribution in [0.1, 0.15) is 50.2 Å². The molecule has 1 N–H and O–H groups in total. The lowest BCUT2D eigenvalue weighted by molar-refractivity contribution is -0.137. The van der Waals surface area contributed by atoms with Gasteiger partial charge in [0.2, 0.25) is 0 Å². The highest BCUT2D eigenvalue weighted by molar-refractivity contribution is 5.84. The maximum atomic E-state index is 12.7. The van der Waals surface area contributed by atoms with Gasteiger partial charge in [0, 0.05) is 17.1 Å². The minimum atomic E-state index is -4.27. The van der Waals surface area contributed by atoms with Crippen LogP contribution in [0, 0.1) is 0 Å². The van der Waals surface area contributed by atoms with Crippen LogP contribution < -0.4 is 0 Å². The average molecular weight is 283 g/mol. The quantitative estimate of drug-likeness (QED) is 0.654. The molecule has 110 valence electrons. The van der Waals surface area contributed by atoms with Gasteiger partial charge in [0.1, 0.15) is 0 Å². The Labute approximate surface area is 117 Å². The van der Waals surface area contributed by atoms with Crippen molar-refractivity contribution in [3.63, 3.8) is 0 Å². The second-order valence-electron chi connectivity index (χ2n) is 5.24. The topological polar surface area (TPSA) is 15.8 Å². The largest absolute Gasteiger partial charge is 0.416 e. The van der Waals surface area contributed by atoms with Crippen LogP contribution in [0.4, 0.5) is 13.2 Å². The van der Waals surface area contributed by atoms with Crippen molar-refractivity contribution in [3.8, 4) is 0 Å². The van der Waals surface area contributed by atoms with Crippen molar-refractivity contribution < 1.29 is 13.2 Å². The summed E-state index contributed by atoms with van der Waals surface area (Å²) in [5.74, 6) is 0. The first-order valence-electron chi connectivity index (χ1n) is 7.19. The second kappa shape index (κ2) is 6.33. The first-order valence-corrected chi connectivity index (χ1v) is 7.19. The first kappa shape index (κ1) is 14.9. The molecule has 1 aromatic heterocycles. The molecular weight excluding hydrogens is 263 g/mol. The van der Waals surface area contributed by atoms with E-state index in [-0.39, 0.29) is 0 Å². The molecule has 0 aliphatic heterocycles. The van der Waals surface area contributed by atoms with Gasteiger partial charge in [0.25, 0.3) is 0 Å². The lowest BCUT2D eigenvalue weighted by atomic mass is 10.0. The molecule has 0 radical (unpaired) electrons. The lowest BCUT2D eigenvalue weighted by Crippen LogP contribution is -2.04. The zero-order valence-electron chi connectivity index (χ0n) is 11.7. The van der Waals surface area contributed by atoms with Gasteiger partial charge in [-0.05, 0) is 36.6 Å². The predicted molar refractivity (Wildman–Crippen MR) is 75.8 cm³/mol. The molecule has 2 rings (SSSR count). The van der Waals surface area contributed by atoms with Gasteiger partial charge in [-0.2, -0.15) is 13.2 Å². The molecule has 0 bridgehead atoms. The average Bonchev–Trinajstić information content (AvgIpc) is 2.80. The van der Waals surface area contributed by atoms with Gasteiger partial charge in [-0.3, -0.25) is 0 Å². The molecule has 2 aromatic rings. The van der Waals surface area contributed by atoms with E-state index in [0.717, 1.165) is 36.4 Å². The molecule has 0 saturated carbocycles. The zero-order chi connectivity index (χ0) is 14.6. The van der Waals surface area contributed by atoms with Crippen LogP contribution in [0.5, 0.6) is 0 Å². The smallest absolute Gasteiger partial charge is 0.361 e. The molecule has 1 nitrogen and oxygen atoms in total. The van der Waals surface area contributed by atoms with Gasteiger partial charge in [-0.1, -0.05) is 32.6 Å². The molecule has 0 atom stereocenters. The van der Waals surface area contributed by atoms with E-state index in [1.807, 2.05) is 6.20 Å². The molecule has 1 aromatic carbocycles. The summed E-state index contributed by atoms with van der Waals surface area (Å²) in [4.78, 5) is 3.05. The van der Waals surface area contributed by atoms with E-state index in [9.17, 15) is 13.2 Å². The van der Waals surface area contributed by atoms with Crippen molar-refractivity contribution in [1.82, 2.24) is 4.98 Å². The molecular formula is C16H20F3N. The highest BCUT2D eigenvalue weighted by atomic mass is 19.4. The van der Waals surface area contributed by atoms with E-state index in [1.54, 1.807) is 0 Å². The number of hydrogen-bond donors (Lipinski definition) is 1. The summed E-state index contributed by atoms with van der Waals surface area (Å²) in [6, 6.07) is 3.90. The fourth-order valence-corrected chi connectivity index (χ4v) is 2.48. The molecule has 0 unspecified atom stereocenters. The van der Waals surface area contributed by atoms with E-state index in [1.165, 1.54) is 31.4 Å².